The Morgan fingerprint density at radius 2 is 1.71 bits per heavy atom. The molecule has 0 fully saturated rings. The van der Waals surface area contributed by atoms with E-state index in [4.69, 9.17) is 32.5 Å². The van der Waals surface area contributed by atoms with E-state index >= 15 is 0 Å². The minimum absolute atomic E-state index is 0.108. The number of nitrogens with zero attached hydrogens (tertiary/aromatic N) is 2. The van der Waals surface area contributed by atoms with Crippen molar-refractivity contribution in [1.82, 2.24) is 9.78 Å². The van der Waals surface area contributed by atoms with E-state index in [1.807, 2.05) is 24.3 Å². The van der Waals surface area contributed by atoms with Crippen LogP contribution in [0.3, 0.4) is 0 Å². The number of carbonyl (C=O) groups is 2. The van der Waals surface area contributed by atoms with Crippen LogP contribution in [0.15, 0.2) is 72.8 Å². The number of fused-ring (bicyclic) bond motifs is 4. The second kappa shape index (κ2) is 7.69. The van der Waals surface area contributed by atoms with Gasteiger partial charge in [0, 0.05) is 22.8 Å². The van der Waals surface area contributed by atoms with Crippen molar-refractivity contribution < 1.29 is 19.1 Å². The number of ether oxygens (including phenoxy) is 2. The monoisotopic (exact) mass is 486 g/mol. The molecule has 8 nitrogen and oxygen atoms in total. The molecule has 2 aliphatic rings. The summed E-state index contributed by atoms with van der Waals surface area (Å²) >= 11 is 6.96. The third kappa shape index (κ3) is 3.00. The number of hydrogen-bond donors (Lipinski definition) is 2. The van der Waals surface area contributed by atoms with Crippen molar-refractivity contribution in [3.8, 4) is 28.4 Å². The van der Waals surface area contributed by atoms with Crippen LogP contribution in [-0.4, -0.2) is 28.3 Å². The van der Waals surface area contributed by atoms with Crippen molar-refractivity contribution in [2.75, 3.05) is 6.79 Å². The number of hydrogen-bond acceptors (Lipinski definition) is 6. The molecule has 4 N–H and O–H groups in total. The van der Waals surface area contributed by atoms with Gasteiger partial charge in [0.15, 0.2) is 23.0 Å². The number of Topliss-reactive ketones (excluding diaryl/α,β-unsaturated/α-hetero) is 1. The molecule has 0 saturated carbocycles. The Bertz CT molecular complexity index is 1520. The summed E-state index contributed by atoms with van der Waals surface area (Å²) in [5, 5.41) is 3.57. The predicted octanol–water partition coefficient (Wildman–Crippen LogP) is 3.70. The smallest absolute Gasteiger partial charge is 0.269 e. The van der Waals surface area contributed by atoms with Crippen LogP contribution in [0.1, 0.15) is 37.4 Å². The van der Waals surface area contributed by atoms with Gasteiger partial charge in [-0.25, -0.2) is 4.68 Å². The van der Waals surface area contributed by atoms with Crippen LogP contribution in [-0.2, 0) is 5.54 Å². The highest BCUT2D eigenvalue weighted by Crippen LogP contribution is 2.53. The van der Waals surface area contributed by atoms with Gasteiger partial charge in [0.2, 0.25) is 6.79 Å². The second-order valence-electron chi connectivity index (χ2n) is 8.40. The number of amides is 1. The minimum atomic E-state index is -1.81. The van der Waals surface area contributed by atoms with Crippen molar-refractivity contribution in [3.63, 3.8) is 0 Å². The molecule has 3 aromatic carbocycles. The maximum atomic E-state index is 13.9. The van der Waals surface area contributed by atoms with Crippen LogP contribution in [0.4, 0.5) is 0 Å². The Labute approximate surface area is 205 Å². The van der Waals surface area contributed by atoms with Gasteiger partial charge in [0.05, 0.1) is 16.8 Å². The Morgan fingerprint density at radius 3 is 2.49 bits per heavy atom. The lowest BCUT2D eigenvalue weighted by Gasteiger charge is -2.38. The third-order valence-corrected chi connectivity index (χ3v) is 7.01. The largest absolute Gasteiger partial charge is 0.454 e. The third-order valence-electron chi connectivity index (χ3n) is 6.43. The molecule has 1 aliphatic carbocycles. The molecule has 4 aromatic rings. The summed E-state index contributed by atoms with van der Waals surface area (Å²) in [6, 6.07) is 21.2. The van der Waals surface area contributed by atoms with Gasteiger partial charge < -0.3 is 20.9 Å². The van der Waals surface area contributed by atoms with Gasteiger partial charge in [0.1, 0.15) is 5.54 Å². The van der Waals surface area contributed by atoms with Gasteiger partial charge in [0.25, 0.3) is 5.91 Å². The number of aromatic nitrogens is 2. The number of primary amides is 1. The van der Waals surface area contributed by atoms with Crippen molar-refractivity contribution in [2.45, 2.75) is 10.9 Å². The number of ketones is 1. The SMILES string of the molecule is NC(=O)c1nn(-c2ccc3c(c2)OCO3)c2c1C(N)(C(=O)c1ccccc1)C(Cl)c1ccccc1-2. The van der Waals surface area contributed by atoms with Gasteiger partial charge in [-0.2, -0.15) is 5.10 Å². The summed E-state index contributed by atoms with van der Waals surface area (Å²) in [5.41, 5.74) is 13.7. The molecule has 9 heteroatoms. The maximum Gasteiger partial charge on any atom is 0.269 e. The first kappa shape index (κ1) is 21.4. The summed E-state index contributed by atoms with van der Waals surface area (Å²) in [7, 11) is 0. The average molecular weight is 487 g/mol. The summed E-state index contributed by atoms with van der Waals surface area (Å²) in [6.45, 7) is 0.108. The second-order valence-corrected chi connectivity index (χ2v) is 8.84. The first-order chi connectivity index (χ1) is 16.9. The molecular weight excluding hydrogens is 468 g/mol. The number of halogens is 1. The predicted molar refractivity (Wildman–Crippen MR) is 129 cm³/mol. The van der Waals surface area contributed by atoms with Crippen molar-refractivity contribution >= 4 is 23.3 Å². The summed E-state index contributed by atoms with van der Waals surface area (Å²) in [6.07, 6.45) is 0. The fraction of sp³-hybridized carbons (Fsp3) is 0.115. The van der Waals surface area contributed by atoms with Crippen LogP contribution in [0, 0.1) is 0 Å². The molecular formula is C26H19ClN4O4. The Hall–Kier alpha value is -4.14. The zero-order chi connectivity index (χ0) is 24.3. The van der Waals surface area contributed by atoms with Crippen LogP contribution >= 0.6 is 11.6 Å². The van der Waals surface area contributed by atoms with E-state index in [2.05, 4.69) is 5.10 Å². The molecule has 0 bridgehead atoms. The van der Waals surface area contributed by atoms with E-state index in [-0.39, 0.29) is 18.1 Å². The summed E-state index contributed by atoms with van der Waals surface area (Å²) < 4.78 is 12.5. The normalized spacial score (nSPS) is 19.7. The minimum Gasteiger partial charge on any atom is -0.454 e. The number of nitrogens with two attached hydrogens (primary N) is 2. The van der Waals surface area contributed by atoms with Gasteiger partial charge in [-0.1, -0.05) is 54.6 Å². The molecule has 2 atom stereocenters. The van der Waals surface area contributed by atoms with Gasteiger partial charge in [-0.05, 0) is 17.7 Å². The molecule has 6 rings (SSSR count). The average Bonchev–Trinajstić information content (AvgIpc) is 3.52. The molecule has 35 heavy (non-hydrogen) atoms. The maximum absolute atomic E-state index is 13.9. The highest BCUT2D eigenvalue weighted by Gasteiger charge is 2.53. The molecule has 2 heterocycles. The molecule has 1 aromatic heterocycles. The van der Waals surface area contributed by atoms with Gasteiger partial charge in [-0.3, -0.25) is 9.59 Å². The Kier molecular flexibility index (Phi) is 4.70. The van der Waals surface area contributed by atoms with E-state index in [9.17, 15) is 9.59 Å². The molecule has 1 amide bonds. The highest BCUT2D eigenvalue weighted by molar-refractivity contribution is 6.27. The van der Waals surface area contributed by atoms with Crippen molar-refractivity contribution in [1.29, 1.82) is 0 Å². The standard InChI is InChI=1S/C26H19ClN4O4/c27-23-17-9-5-4-8-16(17)22-20(26(23,29)24(32)14-6-2-1-3-7-14)21(25(28)33)30-31(22)15-10-11-18-19(12-15)35-13-34-18/h1-12,23H,13,29H2,(H2,28,33). The van der Waals surface area contributed by atoms with Gasteiger partial charge >= 0.3 is 0 Å². The molecule has 174 valence electrons. The summed E-state index contributed by atoms with van der Waals surface area (Å²) in [5.74, 6) is -0.133. The first-order valence-electron chi connectivity index (χ1n) is 10.9. The number of benzene rings is 3. The molecule has 0 radical (unpaired) electrons. The van der Waals surface area contributed by atoms with Crippen LogP contribution in [0.25, 0.3) is 16.9 Å². The highest BCUT2D eigenvalue weighted by atomic mass is 35.5. The Morgan fingerprint density at radius 1 is 1.00 bits per heavy atom. The molecule has 0 saturated heterocycles. The van der Waals surface area contributed by atoms with Crippen LogP contribution in [0.5, 0.6) is 11.5 Å². The first-order valence-corrected chi connectivity index (χ1v) is 11.3. The van der Waals surface area contributed by atoms with E-state index in [0.29, 0.717) is 39.6 Å². The van der Waals surface area contributed by atoms with Gasteiger partial charge in [-0.15, -0.1) is 11.6 Å². The Balaban J connectivity index is 1.68. The van der Waals surface area contributed by atoms with Crippen LogP contribution in [0.2, 0.25) is 0 Å². The molecule has 2 unspecified atom stereocenters. The van der Waals surface area contributed by atoms with Crippen LogP contribution < -0.4 is 20.9 Å². The zero-order valence-corrected chi connectivity index (χ0v) is 19.0. The fourth-order valence-corrected chi connectivity index (χ4v) is 5.20. The quantitative estimate of drug-likeness (QED) is 0.335. The summed E-state index contributed by atoms with van der Waals surface area (Å²) in [4.78, 5) is 26.6. The van der Waals surface area contributed by atoms with Crippen molar-refractivity contribution in [2.24, 2.45) is 11.5 Å². The lowest BCUT2D eigenvalue weighted by Crippen LogP contribution is -2.51. The number of alkyl halides is 1. The van der Waals surface area contributed by atoms with E-state index in [1.54, 1.807) is 53.2 Å². The number of carbonyl (C=O) groups excluding carboxylic acids is 2. The lowest BCUT2D eigenvalue weighted by atomic mass is 9.71. The number of rotatable bonds is 4. The molecule has 1 aliphatic heterocycles. The topological polar surface area (TPSA) is 122 Å². The van der Waals surface area contributed by atoms with E-state index in [1.165, 1.54) is 0 Å². The molecule has 0 spiro atoms. The van der Waals surface area contributed by atoms with E-state index < -0.39 is 22.6 Å². The van der Waals surface area contributed by atoms with E-state index in [0.717, 1.165) is 0 Å². The zero-order valence-electron chi connectivity index (χ0n) is 18.3. The fourth-order valence-electron chi connectivity index (χ4n) is 4.80. The van der Waals surface area contributed by atoms with Crippen molar-refractivity contribution in [3.05, 3.63) is 95.2 Å². The lowest BCUT2D eigenvalue weighted by molar-refractivity contribution is 0.0878.